The van der Waals surface area contributed by atoms with Gasteiger partial charge in [0.25, 0.3) is 0 Å². The Morgan fingerprint density at radius 1 is 1.59 bits per heavy atom. The summed E-state index contributed by atoms with van der Waals surface area (Å²) in [7, 11) is 1.60. The lowest BCUT2D eigenvalue weighted by molar-refractivity contribution is 0.185. The first-order chi connectivity index (χ1) is 8.15. The number of guanidine groups is 1. The van der Waals surface area contributed by atoms with Crippen molar-refractivity contribution in [2.45, 2.75) is 13.0 Å². The molecule has 0 spiro atoms. The molecule has 0 aliphatic heterocycles. The van der Waals surface area contributed by atoms with E-state index in [-0.39, 0.29) is 11.9 Å². The molecule has 0 saturated heterocycles. The van der Waals surface area contributed by atoms with Crippen LogP contribution in [0.2, 0.25) is 0 Å². The molecule has 0 amide bonds. The maximum absolute atomic E-state index is 13.0. The van der Waals surface area contributed by atoms with Crippen LogP contribution in [-0.4, -0.2) is 25.7 Å². The van der Waals surface area contributed by atoms with Gasteiger partial charge in [-0.3, -0.25) is 5.43 Å². The molecule has 0 aromatic heterocycles. The van der Waals surface area contributed by atoms with Crippen molar-refractivity contribution >= 4 is 11.6 Å². The molecular weight excluding hydrogens is 223 g/mol. The number of hydrogen-bond acceptors (Lipinski definition) is 3. The van der Waals surface area contributed by atoms with Gasteiger partial charge >= 0.3 is 0 Å². The molecule has 1 rings (SSSR count). The first kappa shape index (κ1) is 13.4. The van der Waals surface area contributed by atoms with Crippen LogP contribution in [-0.2, 0) is 4.74 Å². The topological polar surface area (TPSA) is 71.7 Å². The molecule has 0 aliphatic carbocycles. The van der Waals surface area contributed by atoms with E-state index in [0.717, 1.165) is 0 Å². The number of halogens is 1. The predicted octanol–water partition coefficient (Wildman–Crippen LogP) is 1.09. The van der Waals surface area contributed by atoms with E-state index in [9.17, 15) is 4.39 Å². The standard InChI is InChI=1S/C11H17FN4O/c1-8(7-17-2)14-11(16-13)15-10-5-3-4-9(12)6-10/h3-6,8H,7,13H2,1-2H3,(H2,14,15,16). The van der Waals surface area contributed by atoms with Gasteiger partial charge in [-0.25, -0.2) is 15.2 Å². The fourth-order valence-corrected chi connectivity index (χ4v) is 1.31. The molecule has 1 atom stereocenters. The van der Waals surface area contributed by atoms with Gasteiger partial charge in [0.2, 0.25) is 5.96 Å². The third kappa shape index (κ3) is 4.80. The van der Waals surface area contributed by atoms with Gasteiger partial charge in [0.1, 0.15) is 5.82 Å². The van der Waals surface area contributed by atoms with Gasteiger partial charge in [-0.1, -0.05) is 6.07 Å². The number of rotatable bonds is 4. The molecule has 0 saturated carbocycles. The van der Waals surface area contributed by atoms with Crippen LogP contribution in [0, 0.1) is 5.82 Å². The van der Waals surface area contributed by atoms with Gasteiger partial charge in [-0.15, -0.1) is 0 Å². The number of hydrazine groups is 1. The minimum Gasteiger partial charge on any atom is -0.382 e. The predicted molar refractivity (Wildman–Crippen MR) is 66.1 cm³/mol. The molecule has 94 valence electrons. The summed E-state index contributed by atoms with van der Waals surface area (Å²) in [4.78, 5) is 4.23. The van der Waals surface area contributed by atoms with Crippen molar-refractivity contribution in [1.29, 1.82) is 0 Å². The number of anilines is 1. The average Bonchev–Trinajstić information content (AvgIpc) is 2.28. The lowest BCUT2D eigenvalue weighted by atomic mass is 10.3. The van der Waals surface area contributed by atoms with Gasteiger partial charge in [0, 0.05) is 12.8 Å². The number of nitrogens with zero attached hydrogens (tertiary/aromatic N) is 1. The second-order valence-electron chi connectivity index (χ2n) is 3.56. The molecule has 6 heteroatoms. The van der Waals surface area contributed by atoms with Crippen LogP contribution in [0.5, 0.6) is 0 Å². The Hall–Kier alpha value is -1.66. The summed E-state index contributed by atoms with van der Waals surface area (Å²) in [5.74, 6) is 5.36. The number of aliphatic imine (C=N–C) groups is 1. The number of ether oxygens (including phenoxy) is 1. The molecule has 4 N–H and O–H groups in total. The van der Waals surface area contributed by atoms with Crippen molar-refractivity contribution in [1.82, 2.24) is 5.43 Å². The molecule has 0 heterocycles. The Morgan fingerprint density at radius 2 is 2.35 bits per heavy atom. The number of nitrogens with one attached hydrogen (secondary N) is 2. The van der Waals surface area contributed by atoms with Crippen molar-refractivity contribution in [3.05, 3.63) is 30.1 Å². The van der Waals surface area contributed by atoms with Crippen LogP contribution in [0.25, 0.3) is 0 Å². The number of benzene rings is 1. The zero-order valence-corrected chi connectivity index (χ0v) is 9.90. The van der Waals surface area contributed by atoms with E-state index >= 15 is 0 Å². The molecule has 1 aromatic carbocycles. The minimum atomic E-state index is -0.323. The molecule has 1 unspecified atom stereocenters. The van der Waals surface area contributed by atoms with Gasteiger partial charge < -0.3 is 10.1 Å². The summed E-state index contributed by atoms with van der Waals surface area (Å²) in [5.41, 5.74) is 3.00. The maximum atomic E-state index is 13.0. The quantitative estimate of drug-likeness (QED) is 0.319. The fourth-order valence-electron chi connectivity index (χ4n) is 1.31. The molecule has 17 heavy (non-hydrogen) atoms. The van der Waals surface area contributed by atoms with Crippen LogP contribution in [0.3, 0.4) is 0 Å². The SMILES string of the molecule is COCC(C)N=C(NN)Nc1cccc(F)c1. The Kier molecular flexibility index (Phi) is 5.38. The summed E-state index contributed by atoms with van der Waals surface area (Å²) in [6.45, 7) is 2.37. The normalized spacial score (nSPS) is 13.3. The van der Waals surface area contributed by atoms with E-state index in [1.54, 1.807) is 19.2 Å². The van der Waals surface area contributed by atoms with E-state index in [1.165, 1.54) is 12.1 Å². The smallest absolute Gasteiger partial charge is 0.210 e. The van der Waals surface area contributed by atoms with Crippen molar-refractivity contribution in [3.63, 3.8) is 0 Å². The summed E-state index contributed by atoms with van der Waals surface area (Å²) in [6, 6.07) is 5.99. The van der Waals surface area contributed by atoms with Crippen LogP contribution < -0.4 is 16.6 Å². The zero-order valence-electron chi connectivity index (χ0n) is 9.90. The van der Waals surface area contributed by atoms with E-state index in [0.29, 0.717) is 18.3 Å². The van der Waals surface area contributed by atoms with Crippen molar-refractivity contribution in [2.75, 3.05) is 19.0 Å². The molecule has 0 aliphatic rings. The van der Waals surface area contributed by atoms with Gasteiger partial charge in [0.15, 0.2) is 0 Å². The largest absolute Gasteiger partial charge is 0.382 e. The van der Waals surface area contributed by atoms with E-state index in [1.807, 2.05) is 6.92 Å². The Balaban J connectivity index is 2.69. The van der Waals surface area contributed by atoms with Crippen molar-refractivity contribution in [3.8, 4) is 0 Å². The van der Waals surface area contributed by atoms with Crippen LogP contribution in [0.1, 0.15) is 6.92 Å². The van der Waals surface area contributed by atoms with E-state index in [4.69, 9.17) is 10.6 Å². The summed E-state index contributed by atoms with van der Waals surface area (Å²) in [5, 5.41) is 2.88. The Labute approximate surface area is 99.8 Å². The summed E-state index contributed by atoms with van der Waals surface area (Å²) >= 11 is 0. The Morgan fingerprint density at radius 3 is 2.94 bits per heavy atom. The fraction of sp³-hybridized carbons (Fsp3) is 0.364. The minimum absolute atomic E-state index is 0.0490. The van der Waals surface area contributed by atoms with Gasteiger partial charge in [-0.2, -0.15) is 0 Å². The molecule has 0 fully saturated rings. The summed E-state index contributed by atoms with van der Waals surface area (Å²) < 4.78 is 17.9. The molecule has 5 nitrogen and oxygen atoms in total. The van der Waals surface area contributed by atoms with E-state index in [2.05, 4.69) is 15.7 Å². The monoisotopic (exact) mass is 240 g/mol. The van der Waals surface area contributed by atoms with Crippen LogP contribution in [0.15, 0.2) is 29.3 Å². The lowest BCUT2D eigenvalue weighted by Crippen LogP contribution is -2.37. The first-order valence-corrected chi connectivity index (χ1v) is 5.21. The highest BCUT2D eigenvalue weighted by molar-refractivity contribution is 5.93. The van der Waals surface area contributed by atoms with Gasteiger partial charge in [0.05, 0.1) is 12.6 Å². The van der Waals surface area contributed by atoms with Gasteiger partial charge in [-0.05, 0) is 25.1 Å². The highest BCUT2D eigenvalue weighted by Gasteiger charge is 2.03. The number of hydrogen-bond donors (Lipinski definition) is 3. The molecule has 0 bridgehead atoms. The second-order valence-corrected chi connectivity index (χ2v) is 3.56. The third-order valence-electron chi connectivity index (χ3n) is 1.98. The molecular formula is C11H17FN4O. The number of nitrogens with two attached hydrogens (primary N) is 1. The van der Waals surface area contributed by atoms with E-state index < -0.39 is 0 Å². The summed E-state index contributed by atoms with van der Waals surface area (Å²) in [6.07, 6.45) is 0. The van der Waals surface area contributed by atoms with Crippen molar-refractivity contribution < 1.29 is 9.13 Å². The Bertz CT molecular complexity index is 383. The third-order valence-corrected chi connectivity index (χ3v) is 1.98. The average molecular weight is 240 g/mol. The highest BCUT2D eigenvalue weighted by Crippen LogP contribution is 2.08. The number of methoxy groups -OCH3 is 1. The zero-order chi connectivity index (χ0) is 12.7. The second kappa shape index (κ2) is 6.82. The first-order valence-electron chi connectivity index (χ1n) is 5.21. The van der Waals surface area contributed by atoms with Crippen molar-refractivity contribution in [2.24, 2.45) is 10.8 Å². The molecule has 0 radical (unpaired) electrons. The van der Waals surface area contributed by atoms with Crippen LogP contribution in [0.4, 0.5) is 10.1 Å². The van der Waals surface area contributed by atoms with Crippen LogP contribution >= 0.6 is 0 Å². The lowest BCUT2D eigenvalue weighted by Gasteiger charge is -2.12. The highest BCUT2D eigenvalue weighted by atomic mass is 19.1. The maximum Gasteiger partial charge on any atom is 0.210 e. The molecule has 1 aromatic rings.